The minimum Gasteiger partial charge on any atom is -0.478 e. The Bertz CT molecular complexity index is 1030. The topological polar surface area (TPSA) is 135 Å². The Balaban J connectivity index is 2.17. The maximum Gasteiger partial charge on any atom is 0.335 e. The molecule has 8 heteroatoms. The molecule has 8 nitrogen and oxygen atoms in total. The minimum absolute atomic E-state index is 0.0385. The average molecular weight is 347 g/mol. The van der Waals surface area contributed by atoms with Crippen LogP contribution in [-0.2, 0) is 0 Å². The summed E-state index contributed by atoms with van der Waals surface area (Å²) in [6.07, 6.45) is 3.03. The normalized spacial score (nSPS) is 10.2. The number of hydrogen-bond donors (Lipinski definition) is 2. The van der Waals surface area contributed by atoms with Gasteiger partial charge in [0, 0.05) is 29.1 Å². The van der Waals surface area contributed by atoms with E-state index in [2.05, 4.69) is 15.0 Å². The third kappa shape index (κ3) is 3.14. The molecule has 0 saturated heterocycles. The maximum atomic E-state index is 11.2. The predicted molar refractivity (Wildman–Crippen MR) is 93.3 cm³/mol. The van der Waals surface area contributed by atoms with E-state index in [4.69, 9.17) is 15.6 Å². The number of anilines is 1. The summed E-state index contributed by atoms with van der Waals surface area (Å²) in [7, 11) is 1.45. The fourth-order valence-corrected chi connectivity index (χ4v) is 2.43. The molecule has 3 aromatic rings. The Labute approximate surface area is 148 Å². The van der Waals surface area contributed by atoms with Crippen molar-refractivity contribution < 1.29 is 14.6 Å². The summed E-state index contributed by atoms with van der Waals surface area (Å²) in [5.74, 6) is -1.01. The van der Waals surface area contributed by atoms with Gasteiger partial charge in [-0.05, 0) is 18.2 Å². The van der Waals surface area contributed by atoms with Crippen LogP contribution in [-0.4, -0.2) is 33.1 Å². The van der Waals surface area contributed by atoms with Gasteiger partial charge in [0.1, 0.15) is 17.5 Å². The number of methoxy groups -OCH3 is 1. The van der Waals surface area contributed by atoms with Crippen LogP contribution >= 0.6 is 0 Å². The molecule has 0 aliphatic rings. The largest absolute Gasteiger partial charge is 0.478 e. The molecule has 0 aliphatic heterocycles. The standard InChI is InChI=1S/C18H13N5O3/c1-26-18-21-8-12(9-22-18)13-6-15(23-16(20)14(13)7-19)10-3-2-4-11(5-10)17(24)25/h2-6,8-9H,1H3,(H2,20,23)(H,24,25). The highest BCUT2D eigenvalue weighted by Gasteiger charge is 2.15. The molecule has 26 heavy (non-hydrogen) atoms. The molecule has 1 aromatic carbocycles. The van der Waals surface area contributed by atoms with Gasteiger partial charge in [-0.3, -0.25) is 0 Å². The lowest BCUT2D eigenvalue weighted by Crippen LogP contribution is -2.01. The van der Waals surface area contributed by atoms with Gasteiger partial charge >= 0.3 is 12.0 Å². The highest BCUT2D eigenvalue weighted by molar-refractivity contribution is 5.89. The molecule has 2 aromatic heterocycles. The number of carboxylic acids is 1. The van der Waals surface area contributed by atoms with Crippen molar-refractivity contribution in [2.45, 2.75) is 0 Å². The average Bonchev–Trinajstić information content (AvgIpc) is 2.67. The smallest absolute Gasteiger partial charge is 0.335 e. The van der Waals surface area contributed by atoms with Gasteiger partial charge in [0.05, 0.1) is 18.4 Å². The molecule has 0 spiro atoms. The number of hydrogen-bond acceptors (Lipinski definition) is 7. The molecule has 0 amide bonds. The van der Waals surface area contributed by atoms with Gasteiger partial charge in [-0.1, -0.05) is 12.1 Å². The maximum absolute atomic E-state index is 11.2. The SMILES string of the molecule is COc1ncc(-c2cc(-c3cccc(C(=O)O)c3)nc(N)c2C#N)cn1. The number of ether oxygens (including phenoxy) is 1. The predicted octanol–water partition coefficient (Wildman–Crippen LogP) is 2.37. The van der Waals surface area contributed by atoms with Crippen LogP contribution in [0.3, 0.4) is 0 Å². The van der Waals surface area contributed by atoms with E-state index in [1.165, 1.54) is 31.6 Å². The Morgan fingerprint density at radius 1 is 1.23 bits per heavy atom. The number of pyridine rings is 1. The zero-order valence-electron chi connectivity index (χ0n) is 13.7. The molecule has 128 valence electrons. The molecule has 3 N–H and O–H groups in total. The molecule has 0 aliphatic carbocycles. The summed E-state index contributed by atoms with van der Waals surface area (Å²) < 4.78 is 4.93. The van der Waals surface area contributed by atoms with E-state index < -0.39 is 5.97 Å². The van der Waals surface area contributed by atoms with Crippen molar-refractivity contribution in [2.75, 3.05) is 12.8 Å². The van der Waals surface area contributed by atoms with Gasteiger partial charge in [0.25, 0.3) is 0 Å². The molecule has 0 unspecified atom stereocenters. The molecule has 3 rings (SSSR count). The van der Waals surface area contributed by atoms with Crippen LogP contribution in [0.15, 0.2) is 42.7 Å². The monoisotopic (exact) mass is 347 g/mol. The number of carbonyl (C=O) groups is 1. The first-order valence-electron chi connectivity index (χ1n) is 7.44. The van der Waals surface area contributed by atoms with Crippen molar-refractivity contribution in [1.82, 2.24) is 15.0 Å². The van der Waals surface area contributed by atoms with E-state index in [-0.39, 0.29) is 23.0 Å². The third-order valence-corrected chi connectivity index (χ3v) is 3.69. The molecule has 0 atom stereocenters. The first kappa shape index (κ1) is 16.9. The van der Waals surface area contributed by atoms with Gasteiger partial charge in [0.15, 0.2) is 0 Å². The highest BCUT2D eigenvalue weighted by atomic mass is 16.5. The lowest BCUT2D eigenvalue weighted by molar-refractivity contribution is 0.0697. The minimum atomic E-state index is -1.04. The lowest BCUT2D eigenvalue weighted by atomic mass is 10.00. The van der Waals surface area contributed by atoms with Crippen LogP contribution < -0.4 is 10.5 Å². The summed E-state index contributed by atoms with van der Waals surface area (Å²) in [5.41, 5.74) is 8.33. The Morgan fingerprint density at radius 2 is 1.96 bits per heavy atom. The van der Waals surface area contributed by atoms with Crippen molar-refractivity contribution in [1.29, 1.82) is 5.26 Å². The number of nitrogens with two attached hydrogens (primary N) is 1. The molecular weight excluding hydrogens is 334 g/mol. The van der Waals surface area contributed by atoms with Crippen molar-refractivity contribution >= 4 is 11.8 Å². The van der Waals surface area contributed by atoms with Gasteiger partial charge in [-0.15, -0.1) is 0 Å². The number of carboxylic acid groups (broad SMARTS) is 1. The van der Waals surface area contributed by atoms with Gasteiger partial charge in [-0.25, -0.2) is 19.7 Å². The molecule has 0 fully saturated rings. The van der Waals surface area contributed by atoms with E-state index in [1.54, 1.807) is 18.2 Å². The van der Waals surface area contributed by atoms with Crippen molar-refractivity contribution in [2.24, 2.45) is 0 Å². The molecular formula is C18H13N5O3. The lowest BCUT2D eigenvalue weighted by Gasteiger charge is -2.10. The summed E-state index contributed by atoms with van der Waals surface area (Å²) in [5, 5.41) is 18.6. The van der Waals surface area contributed by atoms with Crippen LogP contribution in [0.1, 0.15) is 15.9 Å². The molecule has 2 heterocycles. The Morgan fingerprint density at radius 3 is 2.58 bits per heavy atom. The number of benzene rings is 1. The molecule has 0 radical (unpaired) electrons. The van der Waals surface area contributed by atoms with Gasteiger partial charge in [0.2, 0.25) is 0 Å². The number of rotatable bonds is 4. The Hall–Kier alpha value is -3.99. The fourth-order valence-electron chi connectivity index (χ4n) is 2.43. The van der Waals surface area contributed by atoms with E-state index in [1.807, 2.05) is 6.07 Å². The second kappa shape index (κ2) is 6.86. The zero-order chi connectivity index (χ0) is 18.7. The second-order valence-corrected chi connectivity index (χ2v) is 5.27. The molecule has 0 bridgehead atoms. The van der Waals surface area contributed by atoms with E-state index in [0.717, 1.165) is 0 Å². The third-order valence-electron chi connectivity index (χ3n) is 3.69. The van der Waals surface area contributed by atoms with Crippen molar-refractivity contribution in [3.8, 4) is 34.5 Å². The van der Waals surface area contributed by atoms with E-state index >= 15 is 0 Å². The van der Waals surface area contributed by atoms with Crippen molar-refractivity contribution in [3.05, 3.63) is 53.9 Å². The van der Waals surface area contributed by atoms with Crippen LogP contribution in [0.5, 0.6) is 6.01 Å². The van der Waals surface area contributed by atoms with Crippen LogP contribution in [0, 0.1) is 11.3 Å². The number of nitriles is 1. The van der Waals surface area contributed by atoms with Gasteiger partial charge < -0.3 is 15.6 Å². The van der Waals surface area contributed by atoms with Crippen LogP contribution in [0.25, 0.3) is 22.4 Å². The van der Waals surface area contributed by atoms with Crippen LogP contribution in [0.4, 0.5) is 5.82 Å². The first-order chi connectivity index (χ1) is 12.5. The zero-order valence-corrected chi connectivity index (χ0v) is 13.7. The van der Waals surface area contributed by atoms with Gasteiger partial charge in [-0.2, -0.15) is 5.26 Å². The van der Waals surface area contributed by atoms with E-state index in [9.17, 15) is 10.1 Å². The summed E-state index contributed by atoms with van der Waals surface area (Å²) in [4.78, 5) is 23.5. The number of aromatic carboxylic acids is 1. The fraction of sp³-hybridized carbons (Fsp3) is 0.0556. The number of nitrogen functional groups attached to an aromatic ring is 1. The number of nitrogens with zero attached hydrogens (tertiary/aromatic N) is 4. The summed E-state index contributed by atoms with van der Waals surface area (Å²) >= 11 is 0. The summed E-state index contributed by atoms with van der Waals surface area (Å²) in [6, 6.07) is 10.2. The quantitative estimate of drug-likeness (QED) is 0.734. The first-order valence-corrected chi connectivity index (χ1v) is 7.44. The molecule has 0 saturated carbocycles. The van der Waals surface area contributed by atoms with Crippen LogP contribution in [0.2, 0.25) is 0 Å². The Kier molecular flexibility index (Phi) is 4.45. The second-order valence-electron chi connectivity index (χ2n) is 5.27. The highest BCUT2D eigenvalue weighted by Crippen LogP contribution is 2.31. The summed E-state index contributed by atoms with van der Waals surface area (Å²) in [6.45, 7) is 0. The number of aromatic nitrogens is 3. The van der Waals surface area contributed by atoms with E-state index in [0.29, 0.717) is 22.4 Å². The van der Waals surface area contributed by atoms with Crippen molar-refractivity contribution in [3.63, 3.8) is 0 Å².